The standard InChI is InChI=1S/C14H18N2O4/c1-2-10-4-3-7-15(9-10)14(18)12-8-11(17)5-6-13(12)16(19)20/h5-6,8,10,17H,2-4,7,9H2,1H3. The van der Waals surface area contributed by atoms with Gasteiger partial charge in [0.25, 0.3) is 11.6 Å². The number of amides is 1. The van der Waals surface area contributed by atoms with E-state index < -0.39 is 4.92 Å². The molecule has 108 valence electrons. The molecule has 1 aromatic rings. The number of carbonyl (C=O) groups excluding carboxylic acids is 1. The molecular formula is C14H18N2O4. The van der Waals surface area contributed by atoms with Gasteiger partial charge in [-0.1, -0.05) is 13.3 Å². The van der Waals surface area contributed by atoms with Crippen molar-refractivity contribution in [3.8, 4) is 5.75 Å². The number of hydrogen-bond donors (Lipinski definition) is 1. The van der Waals surface area contributed by atoms with Crippen molar-refractivity contribution in [2.75, 3.05) is 13.1 Å². The fourth-order valence-corrected chi connectivity index (χ4v) is 2.61. The molecule has 1 heterocycles. The molecule has 0 radical (unpaired) electrons. The van der Waals surface area contributed by atoms with Crippen molar-refractivity contribution in [3.63, 3.8) is 0 Å². The zero-order valence-electron chi connectivity index (χ0n) is 11.4. The van der Waals surface area contributed by atoms with Gasteiger partial charge < -0.3 is 10.0 Å². The molecule has 6 heteroatoms. The van der Waals surface area contributed by atoms with Gasteiger partial charge in [0.2, 0.25) is 0 Å². The Morgan fingerprint density at radius 2 is 2.30 bits per heavy atom. The van der Waals surface area contributed by atoms with Gasteiger partial charge >= 0.3 is 0 Å². The van der Waals surface area contributed by atoms with E-state index >= 15 is 0 Å². The highest BCUT2D eigenvalue weighted by Crippen LogP contribution is 2.27. The first-order valence-electron chi connectivity index (χ1n) is 6.79. The molecule has 0 saturated carbocycles. The van der Waals surface area contributed by atoms with E-state index in [-0.39, 0.29) is 22.9 Å². The Kier molecular flexibility index (Phi) is 4.22. The number of phenolic OH excluding ortho intramolecular Hbond substituents is 1. The number of hydrogen-bond acceptors (Lipinski definition) is 4. The summed E-state index contributed by atoms with van der Waals surface area (Å²) in [6.45, 7) is 3.32. The van der Waals surface area contributed by atoms with E-state index in [4.69, 9.17) is 0 Å². The Hall–Kier alpha value is -2.11. The minimum atomic E-state index is -0.589. The molecule has 1 unspecified atom stereocenters. The summed E-state index contributed by atoms with van der Waals surface area (Å²) in [6, 6.07) is 3.57. The molecular weight excluding hydrogens is 260 g/mol. The van der Waals surface area contributed by atoms with Gasteiger partial charge in [0, 0.05) is 19.2 Å². The predicted octanol–water partition coefficient (Wildman–Crippen LogP) is 2.56. The van der Waals surface area contributed by atoms with Crippen LogP contribution in [0.15, 0.2) is 18.2 Å². The van der Waals surface area contributed by atoms with Crippen LogP contribution in [0.25, 0.3) is 0 Å². The van der Waals surface area contributed by atoms with Gasteiger partial charge in [-0.2, -0.15) is 0 Å². The lowest BCUT2D eigenvalue weighted by molar-refractivity contribution is -0.385. The molecule has 1 N–H and O–H groups in total. The summed E-state index contributed by atoms with van der Waals surface area (Å²) >= 11 is 0. The van der Waals surface area contributed by atoms with E-state index in [1.807, 2.05) is 0 Å². The number of carbonyl (C=O) groups is 1. The Bertz CT molecular complexity index is 530. The maximum absolute atomic E-state index is 12.4. The number of nitro benzene ring substituents is 1. The summed E-state index contributed by atoms with van der Waals surface area (Å²) in [7, 11) is 0. The molecule has 1 aromatic carbocycles. The van der Waals surface area contributed by atoms with Gasteiger partial charge in [0.15, 0.2) is 0 Å². The van der Waals surface area contributed by atoms with Crippen molar-refractivity contribution in [1.29, 1.82) is 0 Å². The third kappa shape index (κ3) is 2.89. The van der Waals surface area contributed by atoms with E-state index in [0.717, 1.165) is 19.3 Å². The van der Waals surface area contributed by atoms with Crippen molar-refractivity contribution in [1.82, 2.24) is 4.90 Å². The Morgan fingerprint density at radius 1 is 1.55 bits per heavy atom. The second-order valence-corrected chi connectivity index (χ2v) is 5.13. The summed E-state index contributed by atoms with van der Waals surface area (Å²) < 4.78 is 0. The van der Waals surface area contributed by atoms with E-state index in [1.54, 1.807) is 4.90 Å². The maximum atomic E-state index is 12.4. The van der Waals surface area contributed by atoms with Crippen LogP contribution in [0.5, 0.6) is 5.75 Å². The van der Waals surface area contributed by atoms with Gasteiger partial charge in [-0.3, -0.25) is 14.9 Å². The first-order valence-corrected chi connectivity index (χ1v) is 6.79. The Morgan fingerprint density at radius 3 is 2.95 bits per heavy atom. The zero-order valence-corrected chi connectivity index (χ0v) is 11.4. The van der Waals surface area contributed by atoms with Gasteiger partial charge in [-0.25, -0.2) is 0 Å². The van der Waals surface area contributed by atoms with Crippen LogP contribution in [0.2, 0.25) is 0 Å². The van der Waals surface area contributed by atoms with Crippen molar-refractivity contribution < 1.29 is 14.8 Å². The van der Waals surface area contributed by atoms with Crippen LogP contribution in [-0.2, 0) is 0 Å². The predicted molar refractivity (Wildman–Crippen MR) is 73.7 cm³/mol. The number of nitrogens with zero attached hydrogens (tertiary/aromatic N) is 2. The van der Waals surface area contributed by atoms with Crippen molar-refractivity contribution >= 4 is 11.6 Å². The second-order valence-electron chi connectivity index (χ2n) is 5.13. The molecule has 1 aliphatic rings. The van der Waals surface area contributed by atoms with Gasteiger partial charge in [-0.15, -0.1) is 0 Å². The third-order valence-corrected chi connectivity index (χ3v) is 3.79. The number of benzene rings is 1. The molecule has 1 fully saturated rings. The normalized spacial score (nSPS) is 18.9. The molecule has 6 nitrogen and oxygen atoms in total. The molecule has 0 bridgehead atoms. The highest BCUT2D eigenvalue weighted by atomic mass is 16.6. The smallest absolute Gasteiger partial charge is 0.282 e. The number of likely N-dealkylation sites (tertiary alicyclic amines) is 1. The summed E-state index contributed by atoms with van der Waals surface area (Å²) in [5.74, 6) is -0.0576. The molecule has 1 amide bonds. The van der Waals surface area contributed by atoms with Crippen LogP contribution in [-0.4, -0.2) is 33.9 Å². The van der Waals surface area contributed by atoms with E-state index in [0.29, 0.717) is 19.0 Å². The van der Waals surface area contributed by atoms with Crippen molar-refractivity contribution in [3.05, 3.63) is 33.9 Å². The fraction of sp³-hybridized carbons (Fsp3) is 0.500. The quantitative estimate of drug-likeness (QED) is 0.680. The lowest BCUT2D eigenvalue weighted by Gasteiger charge is -2.32. The lowest BCUT2D eigenvalue weighted by Crippen LogP contribution is -2.39. The lowest BCUT2D eigenvalue weighted by atomic mass is 9.95. The first-order chi connectivity index (χ1) is 9.52. The molecule has 20 heavy (non-hydrogen) atoms. The summed E-state index contributed by atoms with van der Waals surface area (Å²) in [5.41, 5.74) is -0.293. The van der Waals surface area contributed by atoms with Crippen LogP contribution < -0.4 is 0 Å². The van der Waals surface area contributed by atoms with Crippen molar-refractivity contribution in [2.24, 2.45) is 5.92 Å². The van der Waals surface area contributed by atoms with E-state index in [1.165, 1.54) is 18.2 Å². The molecule has 1 aliphatic heterocycles. The van der Waals surface area contributed by atoms with Crippen LogP contribution >= 0.6 is 0 Å². The monoisotopic (exact) mass is 278 g/mol. The average Bonchev–Trinajstić information content (AvgIpc) is 2.46. The zero-order chi connectivity index (χ0) is 14.7. The largest absolute Gasteiger partial charge is 0.508 e. The van der Waals surface area contributed by atoms with E-state index in [9.17, 15) is 20.0 Å². The summed E-state index contributed by atoms with van der Waals surface area (Å²) in [5, 5.41) is 20.5. The summed E-state index contributed by atoms with van der Waals surface area (Å²) in [4.78, 5) is 24.5. The fourth-order valence-electron chi connectivity index (χ4n) is 2.61. The van der Waals surface area contributed by atoms with Gasteiger partial charge in [-0.05, 0) is 30.9 Å². The first kappa shape index (κ1) is 14.3. The Balaban J connectivity index is 2.28. The number of aromatic hydroxyl groups is 1. The van der Waals surface area contributed by atoms with Crippen molar-refractivity contribution in [2.45, 2.75) is 26.2 Å². The number of rotatable bonds is 3. The third-order valence-electron chi connectivity index (χ3n) is 3.79. The van der Waals surface area contributed by atoms with Crippen LogP contribution in [0.4, 0.5) is 5.69 Å². The highest BCUT2D eigenvalue weighted by Gasteiger charge is 2.28. The minimum Gasteiger partial charge on any atom is -0.508 e. The Labute approximate surface area is 117 Å². The van der Waals surface area contributed by atoms with Crippen LogP contribution in [0.3, 0.4) is 0 Å². The molecule has 2 rings (SSSR count). The second kappa shape index (κ2) is 5.90. The topological polar surface area (TPSA) is 83.7 Å². The minimum absolute atomic E-state index is 0.0354. The molecule has 0 spiro atoms. The van der Waals surface area contributed by atoms with Gasteiger partial charge in [0.05, 0.1) is 4.92 Å². The molecule has 1 atom stereocenters. The number of piperidine rings is 1. The molecule has 1 saturated heterocycles. The van der Waals surface area contributed by atoms with Gasteiger partial charge in [0.1, 0.15) is 11.3 Å². The average molecular weight is 278 g/mol. The number of nitro groups is 1. The SMILES string of the molecule is CCC1CCCN(C(=O)c2cc(O)ccc2[N+](=O)[O-])C1. The highest BCUT2D eigenvalue weighted by molar-refractivity contribution is 5.98. The molecule has 0 aliphatic carbocycles. The van der Waals surface area contributed by atoms with E-state index in [2.05, 4.69) is 6.92 Å². The number of phenols is 1. The van der Waals surface area contributed by atoms with Crippen LogP contribution in [0, 0.1) is 16.0 Å². The molecule has 0 aromatic heterocycles. The van der Waals surface area contributed by atoms with Crippen LogP contribution in [0.1, 0.15) is 36.5 Å². The maximum Gasteiger partial charge on any atom is 0.282 e. The summed E-state index contributed by atoms with van der Waals surface area (Å²) in [6.07, 6.45) is 2.99.